The monoisotopic (exact) mass is 398 g/mol. The van der Waals surface area contributed by atoms with Gasteiger partial charge in [-0.05, 0) is 59.0 Å². The van der Waals surface area contributed by atoms with Crippen LogP contribution in [0.4, 0.5) is 8.78 Å². The lowest BCUT2D eigenvalue weighted by Crippen LogP contribution is -2.12. The van der Waals surface area contributed by atoms with Gasteiger partial charge in [0, 0.05) is 12.1 Å². The molecule has 0 spiro atoms. The first-order chi connectivity index (χ1) is 14.0. The molecule has 0 amide bonds. The van der Waals surface area contributed by atoms with E-state index in [0.29, 0.717) is 11.6 Å². The summed E-state index contributed by atoms with van der Waals surface area (Å²) in [7, 11) is -0.245. The molecule has 10 nitrogen and oxygen atoms in total. The highest BCUT2D eigenvalue weighted by molar-refractivity contribution is 6.20. The summed E-state index contributed by atoms with van der Waals surface area (Å²) in [6.45, 7) is 3.31. The van der Waals surface area contributed by atoms with E-state index in [1.54, 1.807) is 26.0 Å². The van der Waals surface area contributed by atoms with Crippen LogP contribution >= 0.6 is 0 Å². The molecule has 0 aliphatic heterocycles. The van der Waals surface area contributed by atoms with Gasteiger partial charge in [-0.25, -0.2) is 8.78 Å². The molecule has 146 valence electrons. The van der Waals surface area contributed by atoms with Crippen molar-refractivity contribution in [3.63, 3.8) is 0 Å². The lowest BCUT2D eigenvalue weighted by atomic mass is 10.2. The van der Waals surface area contributed by atoms with Gasteiger partial charge >= 0.3 is 7.69 Å². The SMILES string of the molecule is Cc1nnnn1-c1ccc(OBOc2ccc(-n3nnnc3C)c(F)c2)cc1F. The molecule has 0 aliphatic rings. The fourth-order valence-electron chi connectivity index (χ4n) is 2.57. The Balaban J connectivity index is 1.40. The summed E-state index contributed by atoms with van der Waals surface area (Å²) in [6, 6.07) is 8.43. The van der Waals surface area contributed by atoms with Crippen LogP contribution in [0.15, 0.2) is 36.4 Å². The van der Waals surface area contributed by atoms with Crippen molar-refractivity contribution in [3.05, 3.63) is 59.7 Å². The molecule has 13 heteroatoms. The summed E-state index contributed by atoms with van der Waals surface area (Å²) in [5.74, 6) is 0.235. The highest BCUT2D eigenvalue weighted by Crippen LogP contribution is 2.22. The van der Waals surface area contributed by atoms with E-state index >= 15 is 0 Å². The number of benzene rings is 2. The highest BCUT2D eigenvalue weighted by Gasteiger charge is 2.13. The van der Waals surface area contributed by atoms with Crippen LogP contribution in [0, 0.1) is 25.5 Å². The van der Waals surface area contributed by atoms with Crippen molar-refractivity contribution in [2.24, 2.45) is 0 Å². The van der Waals surface area contributed by atoms with Gasteiger partial charge in [0.2, 0.25) is 0 Å². The quantitative estimate of drug-likeness (QED) is 0.447. The first kappa shape index (κ1) is 18.5. The zero-order chi connectivity index (χ0) is 20.4. The normalized spacial score (nSPS) is 10.8. The first-order valence-corrected chi connectivity index (χ1v) is 8.38. The number of rotatable bonds is 6. The van der Waals surface area contributed by atoms with Gasteiger partial charge < -0.3 is 9.31 Å². The summed E-state index contributed by atoms with van der Waals surface area (Å²) in [5.41, 5.74) is 0.382. The van der Waals surface area contributed by atoms with E-state index in [4.69, 9.17) is 9.31 Å². The lowest BCUT2D eigenvalue weighted by molar-refractivity contribution is 0.453. The minimum atomic E-state index is -0.565. The minimum absolute atomic E-state index is 0.191. The van der Waals surface area contributed by atoms with Gasteiger partial charge in [0.15, 0.2) is 23.3 Å². The third-order valence-corrected chi connectivity index (χ3v) is 4.00. The molecule has 0 saturated carbocycles. The topological polar surface area (TPSA) is 106 Å². The molecule has 4 rings (SSSR count). The third-order valence-electron chi connectivity index (χ3n) is 4.00. The maximum absolute atomic E-state index is 14.3. The predicted octanol–water partition coefficient (Wildman–Crippen LogP) is 1.26. The predicted molar refractivity (Wildman–Crippen MR) is 96.1 cm³/mol. The smallest absolute Gasteiger partial charge is 0.528 e. The van der Waals surface area contributed by atoms with Gasteiger partial charge in [0.05, 0.1) is 0 Å². The largest absolute Gasteiger partial charge is 0.576 e. The average Bonchev–Trinajstić information content (AvgIpc) is 3.30. The maximum atomic E-state index is 14.3. The number of hydrogen-bond donors (Lipinski definition) is 0. The molecule has 0 radical (unpaired) electrons. The number of halogens is 2. The van der Waals surface area contributed by atoms with Gasteiger partial charge in [0.1, 0.15) is 22.9 Å². The van der Waals surface area contributed by atoms with Crippen molar-refractivity contribution in [1.82, 2.24) is 40.4 Å². The van der Waals surface area contributed by atoms with Crippen molar-refractivity contribution in [3.8, 4) is 22.9 Å². The third kappa shape index (κ3) is 3.74. The standard InChI is InChI=1S/C16H13BF2N8O2/c1-9-20-22-24-26(9)15-5-3-11(7-13(15)18)28-17-29-12-4-6-16(14(19)8-12)27-10(2)21-23-25-27/h3-8,17H,1-2H3. The summed E-state index contributed by atoms with van der Waals surface area (Å²) >= 11 is 0. The highest BCUT2D eigenvalue weighted by atomic mass is 19.1. The molecule has 29 heavy (non-hydrogen) atoms. The molecule has 0 aliphatic carbocycles. The van der Waals surface area contributed by atoms with Crippen LogP contribution in [0.5, 0.6) is 11.5 Å². The van der Waals surface area contributed by atoms with Crippen molar-refractivity contribution < 1.29 is 18.1 Å². The van der Waals surface area contributed by atoms with Gasteiger partial charge in [-0.1, -0.05) is 0 Å². The van der Waals surface area contributed by atoms with Crippen molar-refractivity contribution in [1.29, 1.82) is 0 Å². The van der Waals surface area contributed by atoms with Crippen LogP contribution in [-0.2, 0) is 0 Å². The van der Waals surface area contributed by atoms with E-state index in [0.717, 1.165) is 0 Å². The Labute approximate surface area is 163 Å². The van der Waals surface area contributed by atoms with Gasteiger partial charge in [-0.2, -0.15) is 9.36 Å². The van der Waals surface area contributed by atoms with Gasteiger partial charge in [-0.3, -0.25) is 0 Å². The molecule has 4 aromatic rings. The number of aromatic nitrogens is 8. The van der Waals surface area contributed by atoms with Crippen LogP contribution in [0.25, 0.3) is 11.4 Å². The van der Waals surface area contributed by atoms with E-state index in [-0.39, 0.29) is 30.6 Å². The molecule has 2 heterocycles. The van der Waals surface area contributed by atoms with Gasteiger partial charge in [0.25, 0.3) is 0 Å². The second-order valence-electron chi connectivity index (χ2n) is 5.91. The van der Waals surface area contributed by atoms with E-state index in [1.807, 2.05) is 0 Å². The van der Waals surface area contributed by atoms with Crippen molar-refractivity contribution >= 4 is 7.69 Å². The van der Waals surface area contributed by atoms with E-state index in [2.05, 4.69) is 31.1 Å². The molecule has 0 unspecified atom stereocenters. The number of aryl methyl sites for hydroxylation is 2. The molecule has 0 atom stereocenters. The Morgan fingerprint density at radius 2 is 1.21 bits per heavy atom. The molecule has 0 N–H and O–H groups in total. The van der Waals surface area contributed by atoms with Crippen LogP contribution in [0.2, 0.25) is 0 Å². The van der Waals surface area contributed by atoms with Crippen LogP contribution in [0.1, 0.15) is 11.6 Å². The maximum Gasteiger partial charge on any atom is 0.576 e. The minimum Gasteiger partial charge on any atom is -0.528 e. The van der Waals surface area contributed by atoms with Crippen LogP contribution in [0.3, 0.4) is 0 Å². The van der Waals surface area contributed by atoms with E-state index in [1.165, 1.54) is 33.6 Å². The fraction of sp³-hybridized carbons (Fsp3) is 0.125. The van der Waals surface area contributed by atoms with E-state index in [9.17, 15) is 8.78 Å². The fourth-order valence-corrected chi connectivity index (χ4v) is 2.57. The summed E-state index contributed by atoms with van der Waals surface area (Å²) in [4.78, 5) is 0. The molecule has 2 aromatic carbocycles. The second-order valence-corrected chi connectivity index (χ2v) is 5.91. The Kier molecular flexibility index (Phi) is 4.85. The zero-order valence-corrected chi connectivity index (χ0v) is 15.3. The Bertz CT molecular complexity index is 1080. The Hall–Kier alpha value is -3.90. The van der Waals surface area contributed by atoms with Crippen LogP contribution < -0.4 is 9.31 Å². The van der Waals surface area contributed by atoms with E-state index < -0.39 is 11.6 Å². The number of hydrogen-bond acceptors (Lipinski definition) is 8. The zero-order valence-electron chi connectivity index (χ0n) is 15.3. The lowest BCUT2D eigenvalue weighted by Gasteiger charge is -2.10. The molecule has 0 saturated heterocycles. The molecule has 0 bridgehead atoms. The van der Waals surface area contributed by atoms with Crippen LogP contribution in [-0.4, -0.2) is 48.1 Å². The first-order valence-electron chi connectivity index (χ1n) is 8.38. The van der Waals surface area contributed by atoms with Gasteiger partial charge in [-0.15, -0.1) is 10.2 Å². The Morgan fingerprint density at radius 3 is 1.55 bits per heavy atom. The molecular formula is C16H13BF2N8O2. The van der Waals surface area contributed by atoms with Crippen molar-refractivity contribution in [2.45, 2.75) is 13.8 Å². The molecule has 2 aromatic heterocycles. The second kappa shape index (κ2) is 7.62. The number of tetrazole rings is 2. The van der Waals surface area contributed by atoms with Crippen molar-refractivity contribution in [2.75, 3.05) is 0 Å². The summed E-state index contributed by atoms with van der Waals surface area (Å²) < 4.78 is 41.9. The number of nitrogens with zero attached hydrogens (tertiary/aromatic N) is 8. The summed E-state index contributed by atoms with van der Waals surface area (Å²) in [6.07, 6.45) is 0. The molecule has 0 fully saturated rings. The summed E-state index contributed by atoms with van der Waals surface area (Å²) in [5, 5.41) is 21.8. The average molecular weight is 398 g/mol. The molecular weight excluding hydrogens is 385 g/mol. The Morgan fingerprint density at radius 1 is 0.759 bits per heavy atom.